The Kier molecular flexibility index (Phi) is 5.71. The lowest BCUT2D eigenvalue weighted by atomic mass is 9.97. The summed E-state index contributed by atoms with van der Waals surface area (Å²) in [6.45, 7) is 3.63. The molecular weight excluding hydrogens is 326 g/mol. The molecule has 0 bridgehead atoms. The van der Waals surface area contributed by atoms with Crippen molar-refractivity contribution in [1.82, 2.24) is 5.32 Å². The van der Waals surface area contributed by atoms with Crippen LogP contribution in [0.25, 0.3) is 10.8 Å². The molecule has 0 spiro atoms. The fourth-order valence-corrected chi connectivity index (χ4v) is 3.31. The van der Waals surface area contributed by atoms with Crippen molar-refractivity contribution >= 4 is 22.5 Å². The van der Waals surface area contributed by atoms with Gasteiger partial charge in [0, 0.05) is 25.5 Å². The number of fused-ring (bicyclic) bond motifs is 1. The molecule has 0 fully saturated rings. The van der Waals surface area contributed by atoms with Gasteiger partial charge >= 0.3 is 0 Å². The van der Waals surface area contributed by atoms with Crippen LogP contribution in [0.1, 0.15) is 55.5 Å². The largest absolute Gasteiger partial charge is 0.462 e. The van der Waals surface area contributed by atoms with Gasteiger partial charge in [0.2, 0.25) is 5.91 Å². The third-order valence-electron chi connectivity index (χ3n) is 4.68. The molecule has 4 nitrogen and oxygen atoms in total. The number of amides is 1. The molecule has 3 rings (SSSR count). The molecule has 0 saturated heterocycles. The van der Waals surface area contributed by atoms with Gasteiger partial charge in [-0.3, -0.25) is 9.59 Å². The smallest absolute Gasteiger partial charge is 0.216 e. The fraction of sp³-hybridized carbons (Fsp3) is 0.364. The molecule has 0 saturated carbocycles. The lowest BCUT2D eigenvalue weighted by Crippen LogP contribution is -2.22. The van der Waals surface area contributed by atoms with Crippen LogP contribution in [0.4, 0.5) is 0 Å². The van der Waals surface area contributed by atoms with Crippen molar-refractivity contribution in [3.8, 4) is 5.75 Å². The number of hydrogen-bond acceptors (Lipinski definition) is 3. The van der Waals surface area contributed by atoms with Crippen LogP contribution in [0.5, 0.6) is 5.75 Å². The number of ketones is 1. The van der Waals surface area contributed by atoms with Crippen LogP contribution in [-0.4, -0.2) is 18.2 Å². The van der Waals surface area contributed by atoms with Crippen LogP contribution in [0.2, 0.25) is 0 Å². The van der Waals surface area contributed by atoms with E-state index in [2.05, 4.69) is 11.4 Å². The minimum Gasteiger partial charge on any atom is -0.462 e. The Balaban J connectivity index is 1.93. The van der Waals surface area contributed by atoms with Crippen LogP contribution in [0, 0.1) is 0 Å². The maximum Gasteiger partial charge on any atom is 0.216 e. The lowest BCUT2D eigenvalue weighted by molar-refractivity contribution is -0.118. The number of carbonyl (C=O) groups is 2. The molecule has 4 heteroatoms. The number of benzene rings is 2. The van der Waals surface area contributed by atoms with Gasteiger partial charge in [0.05, 0.1) is 0 Å². The topological polar surface area (TPSA) is 55.4 Å². The number of Topliss-reactive ketones (excluding diaryl/α,β-unsaturated/α-hetero) is 1. The number of hydrogen-bond donors (Lipinski definition) is 1. The van der Waals surface area contributed by atoms with E-state index >= 15 is 0 Å². The number of ether oxygens (including phenoxy) is 1. The molecule has 26 heavy (non-hydrogen) atoms. The molecule has 1 amide bonds. The minimum absolute atomic E-state index is 0.0420. The van der Waals surface area contributed by atoms with Crippen LogP contribution in [0.15, 0.2) is 42.2 Å². The van der Waals surface area contributed by atoms with Gasteiger partial charge in [0.1, 0.15) is 11.5 Å². The molecular formula is C22H25NO3. The van der Waals surface area contributed by atoms with E-state index < -0.39 is 0 Å². The highest BCUT2D eigenvalue weighted by Gasteiger charge is 2.11. The maximum absolute atomic E-state index is 11.9. The van der Waals surface area contributed by atoms with Gasteiger partial charge in [0.15, 0.2) is 5.78 Å². The van der Waals surface area contributed by atoms with Crippen molar-refractivity contribution in [1.29, 1.82) is 0 Å². The first kappa shape index (κ1) is 18.2. The first-order valence-corrected chi connectivity index (χ1v) is 9.22. The SMILES string of the molecule is CC(=O)NCCc1cc(C(C)=O)cc2ccc(OC3=CCCCC3)cc12. The van der Waals surface area contributed by atoms with E-state index in [1.54, 1.807) is 6.92 Å². The van der Waals surface area contributed by atoms with E-state index in [4.69, 9.17) is 4.74 Å². The molecule has 2 aromatic rings. The van der Waals surface area contributed by atoms with Crippen molar-refractivity contribution in [3.05, 3.63) is 53.3 Å². The summed E-state index contributed by atoms with van der Waals surface area (Å²) in [7, 11) is 0. The second-order valence-corrected chi connectivity index (χ2v) is 6.83. The molecule has 0 aliphatic heterocycles. The van der Waals surface area contributed by atoms with Gasteiger partial charge in [-0.05, 0) is 79.3 Å². The summed E-state index contributed by atoms with van der Waals surface area (Å²) in [4.78, 5) is 23.0. The number of carbonyl (C=O) groups excluding carboxylic acids is 2. The van der Waals surface area contributed by atoms with Crippen LogP contribution < -0.4 is 10.1 Å². The monoisotopic (exact) mass is 351 g/mol. The molecule has 0 atom stereocenters. The first-order valence-electron chi connectivity index (χ1n) is 9.22. The highest BCUT2D eigenvalue weighted by atomic mass is 16.5. The molecule has 136 valence electrons. The van der Waals surface area contributed by atoms with Gasteiger partial charge in [-0.15, -0.1) is 0 Å². The second-order valence-electron chi connectivity index (χ2n) is 6.83. The van der Waals surface area contributed by atoms with Gasteiger partial charge in [0.25, 0.3) is 0 Å². The summed E-state index contributed by atoms with van der Waals surface area (Å²) in [6.07, 6.45) is 7.30. The summed E-state index contributed by atoms with van der Waals surface area (Å²) in [5.41, 5.74) is 1.74. The standard InChI is InChI=1S/C22H25NO3/c1-15(24)19-12-17-8-9-21(26-20-6-4-3-5-7-20)14-22(17)18(13-19)10-11-23-16(2)25/h6,8-9,12-14H,3-5,7,10-11H2,1-2H3,(H,23,25). The summed E-state index contributed by atoms with van der Waals surface area (Å²) in [6, 6.07) is 9.85. The van der Waals surface area contributed by atoms with Gasteiger partial charge in [-0.25, -0.2) is 0 Å². The number of allylic oxidation sites excluding steroid dienone is 2. The van der Waals surface area contributed by atoms with E-state index in [0.717, 1.165) is 40.7 Å². The Morgan fingerprint density at radius 2 is 1.96 bits per heavy atom. The molecule has 0 heterocycles. The lowest BCUT2D eigenvalue weighted by Gasteiger charge is -2.15. The highest BCUT2D eigenvalue weighted by Crippen LogP contribution is 2.29. The van der Waals surface area contributed by atoms with Crippen molar-refractivity contribution in [2.75, 3.05) is 6.54 Å². The van der Waals surface area contributed by atoms with Gasteiger partial charge < -0.3 is 10.1 Å². The van der Waals surface area contributed by atoms with Crippen molar-refractivity contribution in [2.45, 2.75) is 46.0 Å². The predicted molar refractivity (Wildman–Crippen MR) is 104 cm³/mol. The fourth-order valence-electron chi connectivity index (χ4n) is 3.31. The van der Waals surface area contributed by atoms with Gasteiger partial charge in [-0.2, -0.15) is 0 Å². The zero-order valence-electron chi connectivity index (χ0n) is 15.4. The zero-order chi connectivity index (χ0) is 18.5. The summed E-state index contributed by atoms with van der Waals surface area (Å²) < 4.78 is 6.06. The summed E-state index contributed by atoms with van der Waals surface area (Å²) >= 11 is 0. The Morgan fingerprint density at radius 3 is 2.65 bits per heavy atom. The van der Waals surface area contributed by atoms with Crippen LogP contribution >= 0.6 is 0 Å². The third-order valence-corrected chi connectivity index (χ3v) is 4.68. The van der Waals surface area contributed by atoms with E-state index in [-0.39, 0.29) is 11.7 Å². The molecule has 2 aromatic carbocycles. The quantitative estimate of drug-likeness (QED) is 0.776. The average molecular weight is 351 g/mol. The van der Waals surface area contributed by atoms with Crippen molar-refractivity contribution < 1.29 is 14.3 Å². The molecule has 1 aliphatic carbocycles. The van der Waals surface area contributed by atoms with Crippen LogP contribution in [0.3, 0.4) is 0 Å². The first-order chi connectivity index (χ1) is 12.5. The number of rotatable bonds is 6. The Hall–Kier alpha value is -2.62. The van der Waals surface area contributed by atoms with Crippen molar-refractivity contribution in [3.63, 3.8) is 0 Å². The normalized spacial score (nSPS) is 14.0. The molecule has 1 aliphatic rings. The summed E-state index contributed by atoms with van der Waals surface area (Å²) in [5, 5.41) is 4.90. The Bertz CT molecular complexity index is 867. The number of nitrogens with one attached hydrogen (secondary N) is 1. The predicted octanol–water partition coefficient (Wildman–Crippen LogP) is 4.56. The van der Waals surface area contributed by atoms with E-state index in [1.807, 2.05) is 30.3 Å². The molecule has 0 radical (unpaired) electrons. The highest BCUT2D eigenvalue weighted by molar-refractivity contribution is 6.00. The second kappa shape index (κ2) is 8.17. The van der Waals surface area contributed by atoms with E-state index in [1.165, 1.54) is 19.8 Å². The van der Waals surface area contributed by atoms with E-state index in [0.29, 0.717) is 18.5 Å². The zero-order valence-corrected chi connectivity index (χ0v) is 15.4. The maximum atomic E-state index is 11.9. The van der Waals surface area contributed by atoms with E-state index in [9.17, 15) is 9.59 Å². The Morgan fingerprint density at radius 1 is 1.12 bits per heavy atom. The molecule has 1 N–H and O–H groups in total. The molecule has 0 aromatic heterocycles. The Labute approximate surface area is 154 Å². The molecule has 0 unspecified atom stereocenters. The third kappa shape index (κ3) is 4.51. The van der Waals surface area contributed by atoms with Crippen LogP contribution in [-0.2, 0) is 11.2 Å². The van der Waals surface area contributed by atoms with Crippen molar-refractivity contribution in [2.24, 2.45) is 0 Å². The summed E-state index contributed by atoms with van der Waals surface area (Å²) in [5.74, 6) is 1.85. The minimum atomic E-state index is -0.0507. The van der Waals surface area contributed by atoms with Gasteiger partial charge in [-0.1, -0.05) is 6.07 Å². The average Bonchev–Trinajstić information content (AvgIpc) is 2.62.